The number of carbonyl (C=O) groups is 1. The zero-order valence-corrected chi connectivity index (χ0v) is 14.6. The van der Waals surface area contributed by atoms with Gasteiger partial charge in [0.2, 0.25) is 0 Å². The standard InChI is InChI=1S/C18H19N3O3S/c1-23-17(22)12-24-14-4-8-16(9-5-14)25-15-6-2-13(3-7-15)21-18-19-10-11-20-18/h2-9H,10-12H2,1H3,(H2,19,20,21). The van der Waals surface area contributed by atoms with Gasteiger partial charge >= 0.3 is 5.97 Å². The summed E-state index contributed by atoms with van der Waals surface area (Å²) in [4.78, 5) is 17.6. The Bertz CT molecular complexity index is 745. The topological polar surface area (TPSA) is 72.0 Å². The first-order valence-electron chi connectivity index (χ1n) is 7.86. The first-order valence-corrected chi connectivity index (χ1v) is 8.67. The molecular formula is C18H19N3O3S. The van der Waals surface area contributed by atoms with Crippen LogP contribution in [0.25, 0.3) is 0 Å². The maximum atomic E-state index is 11.1. The van der Waals surface area contributed by atoms with Crippen LogP contribution in [0.4, 0.5) is 5.69 Å². The monoisotopic (exact) mass is 357 g/mol. The Kier molecular flexibility index (Phi) is 5.79. The molecule has 2 N–H and O–H groups in total. The lowest BCUT2D eigenvalue weighted by Gasteiger charge is -2.08. The molecule has 2 aromatic rings. The number of esters is 1. The summed E-state index contributed by atoms with van der Waals surface area (Å²) in [7, 11) is 1.34. The van der Waals surface area contributed by atoms with Crippen molar-refractivity contribution in [3.8, 4) is 5.75 Å². The lowest BCUT2D eigenvalue weighted by Crippen LogP contribution is -2.26. The summed E-state index contributed by atoms with van der Waals surface area (Å²) < 4.78 is 9.88. The largest absolute Gasteiger partial charge is 0.482 e. The summed E-state index contributed by atoms with van der Waals surface area (Å²) >= 11 is 1.66. The number of rotatable bonds is 6. The average Bonchev–Trinajstić information content (AvgIpc) is 3.15. The van der Waals surface area contributed by atoms with Crippen LogP contribution in [-0.2, 0) is 9.53 Å². The van der Waals surface area contributed by atoms with Crippen molar-refractivity contribution in [3.63, 3.8) is 0 Å². The minimum Gasteiger partial charge on any atom is -0.482 e. The predicted octanol–water partition coefficient (Wildman–Crippen LogP) is 2.76. The molecule has 0 saturated carbocycles. The van der Waals surface area contributed by atoms with Crippen LogP contribution < -0.4 is 15.4 Å². The summed E-state index contributed by atoms with van der Waals surface area (Å²) in [5.74, 6) is 1.06. The van der Waals surface area contributed by atoms with Crippen molar-refractivity contribution in [1.29, 1.82) is 0 Å². The number of hydrogen-bond acceptors (Lipinski definition) is 7. The van der Waals surface area contributed by atoms with Crippen LogP contribution in [0.3, 0.4) is 0 Å². The van der Waals surface area contributed by atoms with Gasteiger partial charge in [-0.15, -0.1) is 0 Å². The van der Waals surface area contributed by atoms with E-state index in [4.69, 9.17) is 4.74 Å². The van der Waals surface area contributed by atoms with E-state index in [1.807, 2.05) is 36.4 Å². The molecule has 0 aliphatic carbocycles. The van der Waals surface area contributed by atoms with E-state index >= 15 is 0 Å². The SMILES string of the molecule is COC(=O)COc1ccc(Sc2ccc(NC3=NCCN3)cc2)cc1. The van der Waals surface area contributed by atoms with Gasteiger partial charge in [0.15, 0.2) is 12.6 Å². The van der Waals surface area contributed by atoms with Gasteiger partial charge in [0.1, 0.15) is 5.75 Å². The molecule has 0 amide bonds. The highest BCUT2D eigenvalue weighted by Crippen LogP contribution is 2.29. The van der Waals surface area contributed by atoms with Gasteiger partial charge in [0, 0.05) is 22.0 Å². The van der Waals surface area contributed by atoms with Crippen LogP contribution in [0.1, 0.15) is 0 Å². The van der Waals surface area contributed by atoms with Crippen LogP contribution >= 0.6 is 11.8 Å². The number of guanidine groups is 1. The van der Waals surface area contributed by atoms with E-state index in [0.29, 0.717) is 5.75 Å². The molecule has 3 rings (SSSR count). The van der Waals surface area contributed by atoms with Crippen molar-refractivity contribution in [2.45, 2.75) is 9.79 Å². The number of aliphatic imine (C=N–C) groups is 1. The van der Waals surface area contributed by atoms with Gasteiger partial charge in [-0.25, -0.2) is 4.79 Å². The molecule has 7 heteroatoms. The van der Waals surface area contributed by atoms with E-state index in [9.17, 15) is 4.79 Å². The van der Waals surface area contributed by atoms with Gasteiger partial charge in [-0.3, -0.25) is 4.99 Å². The Morgan fingerprint density at radius 2 is 1.84 bits per heavy atom. The van der Waals surface area contributed by atoms with E-state index in [1.54, 1.807) is 11.8 Å². The number of hydrogen-bond donors (Lipinski definition) is 2. The highest BCUT2D eigenvalue weighted by Gasteiger charge is 2.05. The Hall–Kier alpha value is -2.67. The Balaban J connectivity index is 1.54. The molecule has 0 bridgehead atoms. The van der Waals surface area contributed by atoms with E-state index in [1.165, 1.54) is 7.11 Å². The second-order valence-electron chi connectivity index (χ2n) is 5.24. The molecule has 1 heterocycles. The highest BCUT2D eigenvalue weighted by molar-refractivity contribution is 7.99. The lowest BCUT2D eigenvalue weighted by molar-refractivity contribution is -0.142. The average molecular weight is 357 g/mol. The minimum absolute atomic E-state index is 0.0857. The van der Waals surface area contributed by atoms with E-state index in [0.717, 1.165) is 34.5 Å². The van der Waals surface area contributed by atoms with Gasteiger partial charge < -0.3 is 20.1 Å². The molecule has 0 unspecified atom stereocenters. The molecule has 0 radical (unpaired) electrons. The summed E-state index contributed by atoms with van der Waals surface area (Å²) in [6.07, 6.45) is 0. The first kappa shape index (κ1) is 17.2. The number of nitrogens with zero attached hydrogens (tertiary/aromatic N) is 1. The number of benzene rings is 2. The van der Waals surface area contributed by atoms with Crippen molar-refractivity contribution in [2.75, 3.05) is 32.1 Å². The van der Waals surface area contributed by atoms with E-state index < -0.39 is 5.97 Å². The Morgan fingerprint density at radius 3 is 2.44 bits per heavy atom. The molecule has 1 aliphatic rings. The quantitative estimate of drug-likeness (QED) is 0.775. The fourth-order valence-electron chi connectivity index (χ4n) is 2.17. The van der Waals surface area contributed by atoms with Crippen LogP contribution in [0, 0.1) is 0 Å². The predicted molar refractivity (Wildman–Crippen MR) is 98.4 cm³/mol. The molecule has 0 atom stereocenters. The van der Waals surface area contributed by atoms with Crippen molar-refractivity contribution in [2.24, 2.45) is 4.99 Å². The molecule has 0 saturated heterocycles. The zero-order valence-electron chi connectivity index (χ0n) is 13.8. The van der Waals surface area contributed by atoms with Gasteiger partial charge in [-0.1, -0.05) is 11.8 Å². The van der Waals surface area contributed by atoms with Gasteiger partial charge in [-0.05, 0) is 48.5 Å². The fraction of sp³-hybridized carbons (Fsp3) is 0.222. The van der Waals surface area contributed by atoms with Gasteiger partial charge in [0.05, 0.1) is 13.7 Å². The molecule has 1 aliphatic heterocycles. The molecule has 0 fully saturated rings. The highest BCUT2D eigenvalue weighted by atomic mass is 32.2. The molecule has 2 aromatic carbocycles. The number of nitrogens with one attached hydrogen (secondary N) is 2. The first-order chi connectivity index (χ1) is 12.2. The van der Waals surface area contributed by atoms with Gasteiger partial charge in [-0.2, -0.15) is 0 Å². The normalized spacial score (nSPS) is 12.9. The second-order valence-corrected chi connectivity index (χ2v) is 6.39. The minimum atomic E-state index is -0.397. The fourth-order valence-corrected chi connectivity index (χ4v) is 2.98. The maximum absolute atomic E-state index is 11.1. The van der Waals surface area contributed by atoms with Crippen molar-refractivity contribution in [3.05, 3.63) is 48.5 Å². The summed E-state index contributed by atoms with van der Waals surface area (Å²) in [5.41, 5.74) is 1.00. The summed E-state index contributed by atoms with van der Waals surface area (Å²) in [6.45, 7) is 1.61. The number of ether oxygens (including phenoxy) is 2. The van der Waals surface area contributed by atoms with Crippen LogP contribution in [-0.4, -0.2) is 38.7 Å². The third-order valence-corrected chi connectivity index (χ3v) is 4.45. The van der Waals surface area contributed by atoms with Gasteiger partial charge in [0.25, 0.3) is 0 Å². The molecule has 25 heavy (non-hydrogen) atoms. The third-order valence-electron chi connectivity index (χ3n) is 3.44. The number of methoxy groups -OCH3 is 1. The zero-order chi connectivity index (χ0) is 17.5. The number of carbonyl (C=O) groups excluding carboxylic acids is 1. The van der Waals surface area contributed by atoms with Crippen molar-refractivity contribution in [1.82, 2.24) is 5.32 Å². The Morgan fingerprint density at radius 1 is 1.16 bits per heavy atom. The molecule has 6 nitrogen and oxygen atoms in total. The van der Waals surface area contributed by atoms with Crippen LogP contribution in [0.2, 0.25) is 0 Å². The smallest absolute Gasteiger partial charge is 0.343 e. The van der Waals surface area contributed by atoms with Crippen LogP contribution in [0.5, 0.6) is 5.75 Å². The van der Waals surface area contributed by atoms with Crippen molar-refractivity contribution >= 4 is 29.4 Å². The summed E-state index contributed by atoms with van der Waals surface area (Å²) in [6, 6.07) is 15.8. The molecule has 130 valence electrons. The van der Waals surface area contributed by atoms with Crippen LogP contribution in [0.15, 0.2) is 63.3 Å². The van der Waals surface area contributed by atoms with Crippen molar-refractivity contribution < 1.29 is 14.3 Å². The van der Waals surface area contributed by atoms with E-state index in [-0.39, 0.29) is 6.61 Å². The lowest BCUT2D eigenvalue weighted by atomic mass is 10.3. The third kappa shape index (κ3) is 5.15. The second kappa shape index (κ2) is 8.43. The summed E-state index contributed by atoms with van der Waals surface area (Å²) in [5, 5.41) is 6.42. The maximum Gasteiger partial charge on any atom is 0.343 e. The van der Waals surface area contributed by atoms with E-state index in [2.05, 4.69) is 32.5 Å². The Labute approximate surface area is 150 Å². The number of anilines is 1. The molecular weight excluding hydrogens is 338 g/mol. The molecule has 0 aromatic heterocycles. The molecule has 0 spiro atoms.